The molecule has 0 unspecified atom stereocenters. The van der Waals surface area contributed by atoms with Crippen LogP contribution in [0.1, 0.15) is 60.3 Å². The molecule has 5 amide bonds. The fourth-order valence-electron chi connectivity index (χ4n) is 6.83. The molecule has 3 aliphatic heterocycles. The average Bonchev–Trinajstić information content (AvgIpc) is 3.53. The number of nitrogens with zero attached hydrogens (tertiary/aromatic N) is 3. The summed E-state index contributed by atoms with van der Waals surface area (Å²) in [5.41, 5.74) is -1.06. The van der Waals surface area contributed by atoms with Crippen molar-refractivity contribution in [1.29, 1.82) is 5.26 Å². The third-order valence-electron chi connectivity index (χ3n) is 9.51. The van der Waals surface area contributed by atoms with Gasteiger partial charge in [-0.15, -0.1) is 0 Å². The van der Waals surface area contributed by atoms with Crippen molar-refractivity contribution in [1.82, 2.24) is 25.8 Å². The number of carbonyl (C=O) groups excluding carboxylic acids is 4. The van der Waals surface area contributed by atoms with Gasteiger partial charge in [-0.1, -0.05) is 34.6 Å². The maximum Gasteiger partial charge on any atom is 0.318 e. The lowest BCUT2D eigenvalue weighted by Gasteiger charge is -2.42. The number of alkyl halides is 2. The van der Waals surface area contributed by atoms with Gasteiger partial charge in [0.1, 0.15) is 18.1 Å². The number of urea groups is 1. The molecule has 214 valence electrons. The monoisotopic (exact) mass is 548 g/mol. The third kappa shape index (κ3) is 4.93. The fourth-order valence-corrected chi connectivity index (χ4v) is 6.83. The predicted molar refractivity (Wildman–Crippen MR) is 135 cm³/mol. The minimum Gasteiger partial charge on any atom is -0.350 e. The van der Waals surface area contributed by atoms with Gasteiger partial charge in [0.25, 0.3) is 5.92 Å². The minimum absolute atomic E-state index is 0.0819. The van der Waals surface area contributed by atoms with Gasteiger partial charge in [-0.05, 0) is 48.3 Å². The van der Waals surface area contributed by atoms with Crippen LogP contribution in [-0.4, -0.2) is 82.8 Å². The van der Waals surface area contributed by atoms with Crippen LogP contribution < -0.4 is 16.0 Å². The highest BCUT2D eigenvalue weighted by Gasteiger charge is 2.70. The van der Waals surface area contributed by atoms with Crippen molar-refractivity contribution in [2.75, 3.05) is 19.6 Å². The first kappa shape index (κ1) is 27.6. The van der Waals surface area contributed by atoms with Crippen LogP contribution in [0.15, 0.2) is 0 Å². The molecule has 1 spiro atoms. The zero-order valence-corrected chi connectivity index (χ0v) is 23.1. The van der Waals surface area contributed by atoms with E-state index >= 15 is 0 Å². The van der Waals surface area contributed by atoms with Gasteiger partial charge in [0.05, 0.1) is 19.2 Å². The first-order valence-electron chi connectivity index (χ1n) is 13.7. The lowest BCUT2D eigenvalue weighted by molar-refractivity contribution is -0.144. The molecule has 2 saturated carbocycles. The Kier molecular flexibility index (Phi) is 6.20. The molecule has 12 heteroatoms. The lowest BCUT2D eigenvalue weighted by Crippen LogP contribution is -2.65. The molecule has 3 saturated heterocycles. The van der Waals surface area contributed by atoms with Crippen LogP contribution in [0.4, 0.5) is 13.6 Å². The summed E-state index contributed by atoms with van der Waals surface area (Å²) in [6.07, 6.45) is 2.72. The van der Waals surface area contributed by atoms with Crippen molar-refractivity contribution in [3.05, 3.63) is 0 Å². The van der Waals surface area contributed by atoms with E-state index in [0.717, 1.165) is 17.7 Å². The third-order valence-corrected chi connectivity index (χ3v) is 9.51. The fraction of sp³-hybridized carbons (Fsp3) is 0.815. The van der Waals surface area contributed by atoms with E-state index in [0.29, 0.717) is 13.0 Å². The number of likely N-dealkylation sites (tertiary alicyclic amines) is 2. The zero-order chi connectivity index (χ0) is 28.7. The topological polar surface area (TPSA) is 135 Å². The summed E-state index contributed by atoms with van der Waals surface area (Å²) in [7, 11) is 0. The van der Waals surface area contributed by atoms with E-state index in [4.69, 9.17) is 0 Å². The molecule has 5 aliphatic rings. The summed E-state index contributed by atoms with van der Waals surface area (Å²) < 4.78 is 26.6. The van der Waals surface area contributed by atoms with Crippen molar-refractivity contribution >= 4 is 23.8 Å². The van der Waals surface area contributed by atoms with Crippen LogP contribution in [0.3, 0.4) is 0 Å². The molecule has 10 nitrogen and oxygen atoms in total. The number of hydrogen-bond donors (Lipinski definition) is 3. The zero-order valence-electron chi connectivity index (χ0n) is 23.1. The number of hydrogen-bond acceptors (Lipinski definition) is 5. The number of halogens is 2. The molecular formula is C27H38F2N6O4. The highest BCUT2D eigenvalue weighted by atomic mass is 19.3. The highest BCUT2D eigenvalue weighted by Crippen LogP contribution is 2.65. The Morgan fingerprint density at radius 3 is 2.33 bits per heavy atom. The molecule has 3 heterocycles. The normalized spacial score (nSPS) is 32.3. The Morgan fingerprint density at radius 1 is 1.18 bits per heavy atom. The van der Waals surface area contributed by atoms with E-state index in [-0.39, 0.29) is 41.0 Å². The molecule has 3 N–H and O–H groups in total. The van der Waals surface area contributed by atoms with Crippen molar-refractivity contribution in [3.63, 3.8) is 0 Å². The SMILES string of the molecule is CC(C)(C)[C@H](NC(=O)N1CC(F)(F)C1)C(=O)N1C[C@H]2[C@@H]([C@H]1C(=O)N[C@H](C#N)C[C@@H]1CC3(CC3)NC1=O)C2(C)C. The molecule has 39 heavy (non-hydrogen) atoms. The molecule has 6 atom stereocenters. The second kappa shape index (κ2) is 8.77. The molecule has 0 aromatic carbocycles. The van der Waals surface area contributed by atoms with E-state index in [1.165, 1.54) is 4.90 Å². The van der Waals surface area contributed by atoms with E-state index in [1.54, 1.807) is 20.8 Å². The maximum atomic E-state index is 13.9. The molecule has 5 rings (SSSR count). The average molecular weight is 549 g/mol. The highest BCUT2D eigenvalue weighted by molar-refractivity contribution is 5.94. The number of carbonyl (C=O) groups is 4. The number of rotatable bonds is 6. The minimum atomic E-state index is -2.93. The number of piperidine rings is 1. The predicted octanol–water partition coefficient (Wildman–Crippen LogP) is 1.61. The van der Waals surface area contributed by atoms with Crippen LogP contribution in [0, 0.1) is 39.9 Å². The molecule has 2 aliphatic carbocycles. The summed E-state index contributed by atoms with van der Waals surface area (Å²) in [6, 6.07) is -1.40. The van der Waals surface area contributed by atoms with Crippen molar-refractivity contribution < 1.29 is 28.0 Å². The summed E-state index contributed by atoms with van der Waals surface area (Å²) in [4.78, 5) is 55.0. The van der Waals surface area contributed by atoms with Crippen LogP contribution >= 0.6 is 0 Å². The summed E-state index contributed by atoms with van der Waals surface area (Å²) in [6.45, 7) is 8.29. The Balaban J connectivity index is 1.29. The van der Waals surface area contributed by atoms with Crippen molar-refractivity contribution in [3.8, 4) is 6.07 Å². The van der Waals surface area contributed by atoms with Crippen LogP contribution in [0.2, 0.25) is 0 Å². The number of nitriles is 1. The van der Waals surface area contributed by atoms with Gasteiger partial charge < -0.3 is 25.8 Å². The maximum absolute atomic E-state index is 13.9. The first-order chi connectivity index (χ1) is 18.0. The Morgan fingerprint density at radius 2 is 1.82 bits per heavy atom. The second-order valence-corrected chi connectivity index (χ2v) is 13.9. The number of amides is 5. The standard InChI is InChI=1S/C27H38F2N6O4/c1-24(2,3)19(32-23(39)34-12-27(28,29)13-34)22(38)35-11-16-17(25(16,4)5)18(35)21(37)31-15(10-30)8-14-9-26(6-7-26)33-20(14)36/h14-19H,6-9,11-13H2,1-5H3,(H,31,37)(H,32,39)(H,33,36)/t14-,15+,16+,17+,18+,19-/m1/s1. The van der Waals surface area contributed by atoms with E-state index < -0.39 is 60.4 Å². The Bertz CT molecular complexity index is 1130. The van der Waals surface area contributed by atoms with Gasteiger partial charge in [0.15, 0.2) is 0 Å². The number of nitrogens with one attached hydrogen (secondary N) is 3. The van der Waals surface area contributed by atoms with Crippen molar-refractivity contribution in [2.24, 2.45) is 28.6 Å². The van der Waals surface area contributed by atoms with E-state index in [9.17, 15) is 33.2 Å². The van der Waals surface area contributed by atoms with Crippen LogP contribution in [0.25, 0.3) is 0 Å². The van der Waals surface area contributed by atoms with Crippen LogP contribution in [0.5, 0.6) is 0 Å². The largest absolute Gasteiger partial charge is 0.350 e. The molecule has 0 radical (unpaired) electrons. The van der Waals surface area contributed by atoms with E-state index in [2.05, 4.69) is 22.0 Å². The smallest absolute Gasteiger partial charge is 0.318 e. The summed E-state index contributed by atoms with van der Waals surface area (Å²) in [5, 5.41) is 18.2. The van der Waals surface area contributed by atoms with Crippen LogP contribution in [-0.2, 0) is 14.4 Å². The Labute approximate surface area is 227 Å². The first-order valence-corrected chi connectivity index (χ1v) is 13.7. The lowest BCUT2D eigenvalue weighted by atomic mass is 9.85. The van der Waals surface area contributed by atoms with Gasteiger partial charge in [-0.25, -0.2) is 13.6 Å². The van der Waals surface area contributed by atoms with Gasteiger partial charge in [0.2, 0.25) is 17.7 Å². The molecule has 0 aromatic rings. The van der Waals surface area contributed by atoms with Gasteiger partial charge >= 0.3 is 6.03 Å². The second-order valence-electron chi connectivity index (χ2n) is 13.9. The van der Waals surface area contributed by atoms with Gasteiger partial charge in [0, 0.05) is 18.0 Å². The van der Waals surface area contributed by atoms with Crippen molar-refractivity contribution in [2.45, 2.75) is 89.9 Å². The quantitative estimate of drug-likeness (QED) is 0.464. The molecule has 5 fully saturated rings. The Hall–Kier alpha value is -2.97. The molecule has 0 bridgehead atoms. The summed E-state index contributed by atoms with van der Waals surface area (Å²) in [5.74, 6) is -4.31. The van der Waals surface area contributed by atoms with Gasteiger partial charge in [-0.3, -0.25) is 14.4 Å². The molecular weight excluding hydrogens is 510 g/mol. The van der Waals surface area contributed by atoms with Gasteiger partial charge in [-0.2, -0.15) is 5.26 Å². The molecule has 0 aromatic heterocycles. The number of fused-ring (bicyclic) bond motifs is 1. The van der Waals surface area contributed by atoms with E-state index in [1.807, 2.05) is 13.8 Å². The summed E-state index contributed by atoms with van der Waals surface area (Å²) >= 11 is 0.